The first-order chi connectivity index (χ1) is 15.4. The van der Waals surface area contributed by atoms with Gasteiger partial charge in [0, 0.05) is 26.2 Å². The summed E-state index contributed by atoms with van der Waals surface area (Å²) >= 11 is 0. The van der Waals surface area contributed by atoms with Gasteiger partial charge < -0.3 is 9.80 Å². The van der Waals surface area contributed by atoms with E-state index in [1.807, 2.05) is 49.4 Å². The molecule has 1 aliphatic heterocycles. The van der Waals surface area contributed by atoms with Crippen molar-refractivity contribution in [3.8, 4) is 0 Å². The molecule has 2 amide bonds. The van der Waals surface area contributed by atoms with Gasteiger partial charge in [-0.1, -0.05) is 67.1 Å². The molecule has 0 unspecified atom stereocenters. The molecule has 6 nitrogen and oxygen atoms in total. The Morgan fingerprint density at radius 1 is 0.906 bits per heavy atom. The summed E-state index contributed by atoms with van der Waals surface area (Å²) in [4.78, 5) is 17.6. The molecule has 0 radical (unpaired) electrons. The fraction of sp³-hybridized carbons (Fsp3) is 0.320. The van der Waals surface area contributed by atoms with Gasteiger partial charge in [0.25, 0.3) is 10.0 Å². The van der Waals surface area contributed by atoms with E-state index in [0.29, 0.717) is 13.1 Å². The number of urea groups is 1. The van der Waals surface area contributed by atoms with Crippen molar-refractivity contribution in [2.24, 2.45) is 0 Å². The van der Waals surface area contributed by atoms with E-state index in [1.54, 1.807) is 29.2 Å². The average Bonchev–Trinajstić information content (AvgIpc) is 2.82. The molecule has 0 N–H and O–H groups in total. The zero-order valence-electron chi connectivity index (χ0n) is 18.6. The van der Waals surface area contributed by atoms with Crippen LogP contribution in [0, 0.1) is 6.92 Å². The molecule has 168 valence electrons. The Bertz CT molecular complexity index is 1200. The Balaban J connectivity index is 1.72. The van der Waals surface area contributed by atoms with Crippen LogP contribution in [0.5, 0.6) is 0 Å². The summed E-state index contributed by atoms with van der Waals surface area (Å²) in [6.45, 7) is 7.43. The smallest absolute Gasteiger partial charge is 0.321 e. The van der Waals surface area contributed by atoms with Crippen LogP contribution in [0.3, 0.4) is 0 Å². The van der Waals surface area contributed by atoms with Crippen LogP contribution in [0.2, 0.25) is 0 Å². The molecule has 1 fully saturated rings. The number of likely N-dealkylation sites (N-methyl/N-ethyl adjacent to an activating group) is 1. The van der Waals surface area contributed by atoms with Gasteiger partial charge in [0.2, 0.25) is 0 Å². The minimum absolute atomic E-state index is 0.00954. The maximum absolute atomic E-state index is 13.7. The predicted octanol–water partition coefficient (Wildman–Crippen LogP) is 4.10. The average molecular weight is 452 g/mol. The van der Waals surface area contributed by atoms with Gasteiger partial charge in [0.15, 0.2) is 0 Å². The molecule has 7 heteroatoms. The minimum atomic E-state index is -4.02. The van der Waals surface area contributed by atoms with Crippen LogP contribution in [-0.2, 0) is 16.6 Å². The van der Waals surface area contributed by atoms with E-state index < -0.39 is 16.1 Å². The van der Waals surface area contributed by atoms with Gasteiger partial charge >= 0.3 is 6.03 Å². The SMILES string of the molecule is CCN1CCN(C(=O)N(Cc2cccc3ccccc23)S(=O)(=O)c2ccc(C)cc2)CC1. The van der Waals surface area contributed by atoms with Crippen molar-refractivity contribution in [1.29, 1.82) is 0 Å². The van der Waals surface area contributed by atoms with E-state index in [2.05, 4.69) is 11.8 Å². The first kappa shape index (κ1) is 22.3. The van der Waals surface area contributed by atoms with Crippen LogP contribution < -0.4 is 0 Å². The summed E-state index contributed by atoms with van der Waals surface area (Å²) in [6, 6.07) is 19.8. The third kappa shape index (κ3) is 4.49. The second kappa shape index (κ2) is 9.30. The fourth-order valence-corrected chi connectivity index (χ4v) is 5.46. The number of carbonyl (C=O) groups excluding carboxylic acids is 1. The van der Waals surface area contributed by atoms with E-state index in [4.69, 9.17) is 0 Å². The molecule has 32 heavy (non-hydrogen) atoms. The molecular formula is C25H29N3O3S. The number of amides is 2. The Morgan fingerprint density at radius 3 is 2.25 bits per heavy atom. The molecule has 3 aromatic carbocycles. The number of sulfonamides is 1. The third-order valence-corrected chi connectivity index (χ3v) is 7.84. The molecule has 0 bridgehead atoms. The number of benzene rings is 3. The van der Waals surface area contributed by atoms with Gasteiger partial charge in [0.05, 0.1) is 11.4 Å². The highest BCUT2D eigenvalue weighted by atomic mass is 32.2. The van der Waals surface area contributed by atoms with Gasteiger partial charge in [-0.05, 0) is 41.9 Å². The number of piperazine rings is 1. The highest BCUT2D eigenvalue weighted by molar-refractivity contribution is 7.89. The first-order valence-electron chi connectivity index (χ1n) is 11.0. The number of carbonyl (C=O) groups is 1. The molecule has 1 heterocycles. The Morgan fingerprint density at radius 2 is 1.56 bits per heavy atom. The van der Waals surface area contributed by atoms with Crippen LogP contribution >= 0.6 is 0 Å². The summed E-state index contributed by atoms with van der Waals surface area (Å²) < 4.78 is 28.4. The maximum atomic E-state index is 13.7. The van der Waals surface area contributed by atoms with Crippen LogP contribution in [0.15, 0.2) is 71.6 Å². The van der Waals surface area contributed by atoms with Gasteiger partial charge in [0.1, 0.15) is 0 Å². The molecular weight excluding hydrogens is 422 g/mol. The van der Waals surface area contributed by atoms with Gasteiger partial charge in [-0.2, -0.15) is 0 Å². The zero-order valence-corrected chi connectivity index (χ0v) is 19.4. The molecule has 0 aromatic heterocycles. The molecule has 0 saturated carbocycles. The van der Waals surface area contributed by atoms with Gasteiger partial charge in [-0.15, -0.1) is 0 Å². The molecule has 3 aromatic rings. The normalized spacial score (nSPS) is 15.1. The lowest BCUT2D eigenvalue weighted by atomic mass is 10.0. The van der Waals surface area contributed by atoms with Crippen molar-refractivity contribution in [3.05, 3.63) is 77.9 Å². The van der Waals surface area contributed by atoms with Crippen molar-refractivity contribution in [1.82, 2.24) is 14.1 Å². The Labute approximate surface area is 190 Å². The summed E-state index contributed by atoms with van der Waals surface area (Å²) in [6.07, 6.45) is 0. The molecule has 0 atom stereocenters. The van der Waals surface area contributed by atoms with Crippen molar-refractivity contribution in [2.75, 3.05) is 32.7 Å². The monoisotopic (exact) mass is 451 g/mol. The molecule has 0 spiro atoms. The lowest BCUT2D eigenvalue weighted by molar-refractivity contribution is 0.129. The standard InChI is InChI=1S/C25H29N3O3S/c1-3-26-15-17-27(18-16-26)25(29)28(32(30,31)23-13-11-20(2)12-14-23)19-22-9-6-8-21-7-4-5-10-24(21)22/h4-14H,3,15-19H2,1-2H3. The quantitative estimate of drug-likeness (QED) is 0.586. The first-order valence-corrected chi connectivity index (χ1v) is 12.4. The second-order valence-corrected chi connectivity index (χ2v) is 10.0. The molecule has 4 rings (SSSR count). The van der Waals surface area contributed by atoms with Crippen LogP contribution in [0.1, 0.15) is 18.1 Å². The van der Waals surface area contributed by atoms with Crippen LogP contribution in [-0.4, -0.2) is 61.3 Å². The van der Waals surface area contributed by atoms with Gasteiger partial charge in [-0.25, -0.2) is 17.5 Å². The summed E-state index contributed by atoms with van der Waals surface area (Å²) in [5, 5.41) is 1.96. The summed E-state index contributed by atoms with van der Waals surface area (Å²) in [5.41, 5.74) is 1.77. The number of aryl methyl sites for hydroxylation is 1. The molecule has 1 aliphatic rings. The molecule has 0 aliphatic carbocycles. The highest BCUT2D eigenvalue weighted by Gasteiger charge is 2.34. The van der Waals surface area contributed by atoms with E-state index in [-0.39, 0.29) is 11.4 Å². The second-order valence-electron chi connectivity index (χ2n) is 8.17. The minimum Gasteiger partial charge on any atom is -0.321 e. The van der Waals surface area contributed by atoms with Crippen LogP contribution in [0.4, 0.5) is 4.79 Å². The number of hydrogen-bond donors (Lipinski definition) is 0. The highest BCUT2D eigenvalue weighted by Crippen LogP contribution is 2.25. The number of fused-ring (bicyclic) bond motifs is 1. The van der Waals surface area contributed by atoms with E-state index in [9.17, 15) is 13.2 Å². The van der Waals surface area contributed by atoms with Gasteiger partial charge in [-0.3, -0.25) is 0 Å². The van der Waals surface area contributed by atoms with Crippen molar-refractivity contribution in [2.45, 2.75) is 25.3 Å². The summed E-state index contributed by atoms with van der Waals surface area (Å²) in [7, 11) is -4.02. The lowest BCUT2D eigenvalue weighted by Gasteiger charge is -2.36. The van der Waals surface area contributed by atoms with E-state index in [0.717, 1.165) is 45.8 Å². The van der Waals surface area contributed by atoms with Crippen LogP contribution in [0.25, 0.3) is 10.8 Å². The van der Waals surface area contributed by atoms with Crippen molar-refractivity contribution < 1.29 is 13.2 Å². The Hall–Kier alpha value is -2.90. The fourth-order valence-electron chi connectivity index (χ4n) is 4.09. The van der Waals surface area contributed by atoms with Crippen molar-refractivity contribution in [3.63, 3.8) is 0 Å². The zero-order chi connectivity index (χ0) is 22.7. The number of rotatable bonds is 5. The Kier molecular flexibility index (Phi) is 6.48. The molecule has 1 saturated heterocycles. The number of hydrogen-bond acceptors (Lipinski definition) is 4. The topological polar surface area (TPSA) is 60.9 Å². The van der Waals surface area contributed by atoms with Crippen molar-refractivity contribution >= 4 is 26.8 Å². The van der Waals surface area contributed by atoms with E-state index in [1.165, 1.54) is 0 Å². The number of nitrogens with zero attached hydrogens (tertiary/aromatic N) is 3. The predicted molar refractivity (Wildman–Crippen MR) is 127 cm³/mol. The summed E-state index contributed by atoms with van der Waals surface area (Å²) in [5.74, 6) is 0. The third-order valence-electron chi connectivity index (χ3n) is 6.11. The van der Waals surface area contributed by atoms with E-state index >= 15 is 0 Å². The maximum Gasteiger partial charge on any atom is 0.334 e. The largest absolute Gasteiger partial charge is 0.334 e. The lowest BCUT2D eigenvalue weighted by Crippen LogP contribution is -2.53.